The number of imidazole rings is 1. The molecule has 0 saturated carbocycles. The molecule has 0 N–H and O–H groups in total. The molecule has 1 unspecified atom stereocenters. The fourth-order valence-electron chi connectivity index (χ4n) is 1.97. The average molecular weight is 314 g/mol. The molecule has 110 valence electrons. The molecular weight excluding hydrogens is 296 g/mol. The quantitative estimate of drug-likeness (QED) is 0.735. The molecule has 20 heavy (non-hydrogen) atoms. The Bertz CT molecular complexity index is 632. The predicted octanol–water partition coefficient (Wildman–Crippen LogP) is 2.23. The van der Waals surface area contributed by atoms with E-state index in [1.54, 1.807) is 30.1 Å². The van der Waals surface area contributed by atoms with Crippen LogP contribution >= 0.6 is 11.3 Å². The molecule has 2 heterocycles. The molecule has 2 rings (SSSR count). The molecular formula is C13H18N2O3S2. The molecule has 0 fully saturated rings. The van der Waals surface area contributed by atoms with Crippen molar-refractivity contribution in [2.75, 3.05) is 6.26 Å². The van der Waals surface area contributed by atoms with Gasteiger partial charge in [0.1, 0.15) is 0 Å². The minimum Gasteiger partial charge on any atom is -0.335 e. The Morgan fingerprint density at radius 3 is 2.80 bits per heavy atom. The van der Waals surface area contributed by atoms with Crippen LogP contribution in [0.4, 0.5) is 0 Å². The van der Waals surface area contributed by atoms with E-state index in [1.165, 1.54) is 9.75 Å². The van der Waals surface area contributed by atoms with Gasteiger partial charge in [-0.25, -0.2) is 4.98 Å². The summed E-state index contributed by atoms with van der Waals surface area (Å²) >= 11 is 1.73. The van der Waals surface area contributed by atoms with Gasteiger partial charge >= 0.3 is 0 Å². The number of rotatable bonds is 7. The minimum atomic E-state index is -3.46. The lowest BCUT2D eigenvalue weighted by Gasteiger charge is -2.16. The zero-order valence-electron chi connectivity index (χ0n) is 11.5. The van der Waals surface area contributed by atoms with Crippen molar-refractivity contribution in [3.05, 3.63) is 40.6 Å². The van der Waals surface area contributed by atoms with Crippen LogP contribution in [0.25, 0.3) is 0 Å². The number of thiophene rings is 1. The summed E-state index contributed by atoms with van der Waals surface area (Å²) in [6, 6.07) is 4.15. The van der Waals surface area contributed by atoms with Crippen LogP contribution in [0.1, 0.15) is 16.2 Å². The third-order valence-corrected chi connectivity index (χ3v) is 4.48. The van der Waals surface area contributed by atoms with Gasteiger partial charge in [0.2, 0.25) is 0 Å². The van der Waals surface area contributed by atoms with Gasteiger partial charge in [0.25, 0.3) is 10.1 Å². The van der Waals surface area contributed by atoms with Crippen molar-refractivity contribution in [2.24, 2.45) is 0 Å². The topological polar surface area (TPSA) is 61.2 Å². The number of aryl methyl sites for hydroxylation is 2. The Kier molecular flexibility index (Phi) is 4.95. The summed E-state index contributed by atoms with van der Waals surface area (Å²) in [4.78, 5) is 6.46. The number of hydrogen-bond donors (Lipinski definition) is 0. The van der Waals surface area contributed by atoms with Gasteiger partial charge in [-0.3, -0.25) is 4.18 Å². The summed E-state index contributed by atoms with van der Waals surface area (Å²) in [7, 11) is -3.46. The van der Waals surface area contributed by atoms with Gasteiger partial charge < -0.3 is 4.57 Å². The lowest BCUT2D eigenvalue weighted by Crippen LogP contribution is -2.23. The van der Waals surface area contributed by atoms with Gasteiger partial charge in [-0.2, -0.15) is 8.42 Å². The molecule has 1 atom stereocenters. The standard InChI is InChI=1S/C13H18N2O3S2/c1-11-3-5-13(19-11)6-4-12(18-20(2,16)17)9-15-8-7-14-10-15/h3,5,7-8,10,12H,4,6,9H2,1-2H3. The van der Waals surface area contributed by atoms with Crippen molar-refractivity contribution in [1.82, 2.24) is 9.55 Å². The van der Waals surface area contributed by atoms with Crippen LogP contribution in [0.15, 0.2) is 30.9 Å². The molecule has 5 nitrogen and oxygen atoms in total. The van der Waals surface area contributed by atoms with Gasteiger partial charge in [0.15, 0.2) is 0 Å². The summed E-state index contributed by atoms with van der Waals surface area (Å²) in [6.07, 6.45) is 7.31. The molecule has 0 aliphatic heterocycles. The van der Waals surface area contributed by atoms with Crippen LogP contribution in [0.5, 0.6) is 0 Å². The summed E-state index contributed by atoms with van der Waals surface area (Å²) < 4.78 is 29.7. The average Bonchev–Trinajstić information content (AvgIpc) is 2.96. The molecule has 2 aromatic heterocycles. The fourth-order valence-corrected chi connectivity index (χ4v) is 3.53. The summed E-state index contributed by atoms with van der Waals surface area (Å²) in [5.74, 6) is 0. The molecule has 7 heteroatoms. The lowest BCUT2D eigenvalue weighted by molar-refractivity contribution is 0.180. The van der Waals surface area contributed by atoms with E-state index >= 15 is 0 Å². The highest BCUT2D eigenvalue weighted by atomic mass is 32.2. The highest BCUT2D eigenvalue weighted by molar-refractivity contribution is 7.86. The van der Waals surface area contributed by atoms with Crippen molar-refractivity contribution >= 4 is 21.5 Å². The van der Waals surface area contributed by atoms with Crippen molar-refractivity contribution in [3.8, 4) is 0 Å². The molecule has 0 aliphatic rings. The van der Waals surface area contributed by atoms with Gasteiger partial charge in [0, 0.05) is 22.1 Å². The van der Waals surface area contributed by atoms with Crippen molar-refractivity contribution in [1.29, 1.82) is 0 Å². The zero-order valence-corrected chi connectivity index (χ0v) is 13.2. The highest BCUT2D eigenvalue weighted by Gasteiger charge is 2.16. The predicted molar refractivity (Wildman–Crippen MR) is 79.3 cm³/mol. The minimum absolute atomic E-state index is 0.374. The van der Waals surface area contributed by atoms with Gasteiger partial charge in [-0.15, -0.1) is 11.3 Å². The second kappa shape index (κ2) is 6.51. The van der Waals surface area contributed by atoms with Crippen molar-refractivity contribution < 1.29 is 12.6 Å². The SMILES string of the molecule is Cc1ccc(CCC(Cn2ccnc2)OS(C)(=O)=O)s1. The Balaban J connectivity index is 1.98. The maximum absolute atomic E-state index is 11.3. The Labute approximate surface area is 123 Å². The van der Waals surface area contributed by atoms with Crippen LogP contribution in [-0.2, 0) is 27.3 Å². The first-order valence-corrected chi connectivity index (χ1v) is 8.95. The largest absolute Gasteiger partial charge is 0.335 e. The van der Waals surface area contributed by atoms with Crippen molar-refractivity contribution in [2.45, 2.75) is 32.4 Å². The number of aromatic nitrogens is 2. The summed E-state index contributed by atoms with van der Waals surface area (Å²) in [5.41, 5.74) is 0. The molecule has 0 amide bonds. The van der Waals surface area contributed by atoms with Crippen LogP contribution in [0.3, 0.4) is 0 Å². The van der Waals surface area contributed by atoms with Crippen LogP contribution in [-0.4, -0.2) is 30.3 Å². The number of nitrogens with zero attached hydrogens (tertiary/aromatic N) is 2. The van der Waals surface area contributed by atoms with E-state index < -0.39 is 10.1 Å². The van der Waals surface area contributed by atoms with E-state index in [0.29, 0.717) is 13.0 Å². The molecule has 2 aromatic rings. The molecule has 0 saturated heterocycles. The van der Waals surface area contributed by atoms with Gasteiger partial charge in [-0.05, 0) is 31.9 Å². The monoisotopic (exact) mass is 314 g/mol. The second-order valence-electron chi connectivity index (χ2n) is 4.73. The Morgan fingerprint density at radius 2 is 2.25 bits per heavy atom. The third-order valence-electron chi connectivity index (χ3n) is 2.79. The first-order chi connectivity index (χ1) is 9.42. The van der Waals surface area contributed by atoms with Crippen LogP contribution in [0, 0.1) is 6.92 Å². The maximum Gasteiger partial charge on any atom is 0.264 e. The lowest BCUT2D eigenvalue weighted by atomic mass is 10.2. The molecule has 0 aliphatic carbocycles. The molecule has 0 radical (unpaired) electrons. The van der Waals surface area contributed by atoms with E-state index in [4.69, 9.17) is 4.18 Å². The van der Waals surface area contributed by atoms with E-state index in [0.717, 1.165) is 12.7 Å². The Morgan fingerprint density at radius 1 is 1.45 bits per heavy atom. The molecule has 0 bridgehead atoms. The first-order valence-electron chi connectivity index (χ1n) is 6.32. The van der Waals surface area contributed by atoms with E-state index in [1.807, 2.05) is 4.57 Å². The van der Waals surface area contributed by atoms with Gasteiger partial charge in [-0.1, -0.05) is 0 Å². The summed E-state index contributed by atoms with van der Waals surface area (Å²) in [5, 5.41) is 0. The molecule has 0 aromatic carbocycles. The first kappa shape index (κ1) is 15.2. The Hall–Kier alpha value is -1.18. The molecule has 0 spiro atoms. The summed E-state index contributed by atoms with van der Waals surface area (Å²) in [6.45, 7) is 2.54. The van der Waals surface area contributed by atoms with E-state index in [9.17, 15) is 8.42 Å². The number of hydrogen-bond acceptors (Lipinski definition) is 5. The third kappa shape index (κ3) is 5.07. The van der Waals surface area contributed by atoms with E-state index in [-0.39, 0.29) is 6.10 Å². The van der Waals surface area contributed by atoms with Crippen LogP contribution < -0.4 is 0 Å². The second-order valence-corrected chi connectivity index (χ2v) is 7.71. The van der Waals surface area contributed by atoms with Crippen LogP contribution in [0.2, 0.25) is 0 Å². The van der Waals surface area contributed by atoms with Gasteiger partial charge in [0.05, 0.1) is 25.2 Å². The van der Waals surface area contributed by atoms with Crippen molar-refractivity contribution in [3.63, 3.8) is 0 Å². The highest BCUT2D eigenvalue weighted by Crippen LogP contribution is 2.19. The smallest absolute Gasteiger partial charge is 0.264 e. The maximum atomic E-state index is 11.3. The van der Waals surface area contributed by atoms with E-state index in [2.05, 4.69) is 24.0 Å². The fraction of sp³-hybridized carbons (Fsp3) is 0.462. The normalized spacial score (nSPS) is 13.5. The zero-order chi connectivity index (χ0) is 14.6.